The van der Waals surface area contributed by atoms with Crippen molar-refractivity contribution in [3.63, 3.8) is 0 Å². The van der Waals surface area contributed by atoms with Crippen LogP contribution in [0.3, 0.4) is 0 Å². The van der Waals surface area contributed by atoms with E-state index in [1.165, 1.54) is 32.1 Å². The van der Waals surface area contributed by atoms with Crippen LogP contribution in [-0.4, -0.2) is 16.6 Å². The fraction of sp³-hybridized carbons (Fsp3) is 0.579. The minimum atomic E-state index is -0.793. The molecule has 126 valence electrons. The Labute approximate surface area is 139 Å². The van der Waals surface area contributed by atoms with Crippen LogP contribution in [-0.2, 0) is 9.53 Å². The van der Waals surface area contributed by atoms with E-state index in [0.29, 0.717) is 11.5 Å². The zero-order valence-corrected chi connectivity index (χ0v) is 14.4. The molecule has 1 atom stereocenters. The van der Waals surface area contributed by atoms with Gasteiger partial charge in [0.05, 0.1) is 5.69 Å². The van der Waals surface area contributed by atoms with Crippen molar-refractivity contribution in [1.29, 1.82) is 0 Å². The number of carbonyl (C=O) groups excluding carboxylic acids is 1. The van der Waals surface area contributed by atoms with Gasteiger partial charge < -0.3 is 10.5 Å². The largest absolute Gasteiger partial charge is 0.459 e. The lowest BCUT2D eigenvalue weighted by atomic mass is 9.89. The predicted molar refractivity (Wildman–Crippen MR) is 92.6 cm³/mol. The van der Waals surface area contributed by atoms with E-state index < -0.39 is 17.6 Å². The van der Waals surface area contributed by atoms with Crippen molar-refractivity contribution in [2.75, 3.05) is 0 Å². The fourth-order valence-electron chi connectivity index (χ4n) is 2.76. The molecule has 1 heterocycles. The first-order valence-electron chi connectivity index (χ1n) is 8.48. The molecule has 0 aromatic carbocycles. The highest BCUT2D eigenvalue weighted by molar-refractivity contribution is 5.77. The smallest absolute Gasteiger partial charge is 0.328 e. The first-order valence-corrected chi connectivity index (χ1v) is 8.48. The molecule has 0 aliphatic heterocycles. The average Bonchev–Trinajstić information content (AvgIpc) is 2.52. The van der Waals surface area contributed by atoms with Gasteiger partial charge >= 0.3 is 5.97 Å². The summed E-state index contributed by atoms with van der Waals surface area (Å²) in [4.78, 5) is 16.4. The zero-order chi connectivity index (χ0) is 16.9. The summed E-state index contributed by atoms with van der Waals surface area (Å²) in [5, 5.41) is 0. The van der Waals surface area contributed by atoms with E-state index in [2.05, 4.69) is 17.1 Å². The summed E-state index contributed by atoms with van der Waals surface area (Å²) < 4.78 is 5.31. The number of carbonyl (C=O) groups is 1. The third-order valence-corrected chi connectivity index (χ3v) is 4.02. The standard InChI is InChI=1S/C19H28N2O2/c1-19(2,3)23-18(22)17(20)15-10-12-16(21-13-15)11-9-14-7-5-4-6-8-14/h9-14,17H,4-8,20H2,1-3H3/b11-9+. The Hall–Kier alpha value is -1.68. The van der Waals surface area contributed by atoms with Crippen LogP contribution in [0.1, 0.15) is 70.2 Å². The van der Waals surface area contributed by atoms with Crippen LogP contribution in [0.25, 0.3) is 6.08 Å². The lowest BCUT2D eigenvalue weighted by molar-refractivity contribution is -0.156. The maximum atomic E-state index is 12.0. The first-order chi connectivity index (χ1) is 10.8. The normalized spacial score (nSPS) is 18.1. The predicted octanol–water partition coefficient (Wildman–Crippen LogP) is 4.02. The number of hydrogen-bond acceptors (Lipinski definition) is 4. The molecule has 1 aliphatic rings. The number of nitrogens with two attached hydrogens (primary N) is 1. The van der Waals surface area contributed by atoms with Crippen LogP contribution in [0.4, 0.5) is 0 Å². The lowest BCUT2D eigenvalue weighted by Crippen LogP contribution is -2.31. The molecular formula is C19H28N2O2. The first kappa shape index (κ1) is 17.7. The summed E-state index contributed by atoms with van der Waals surface area (Å²) in [7, 11) is 0. The summed E-state index contributed by atoms with van der Waals surface area (Å²) in [5.41, 5.74) is 6.99. The Balaban J connectivity index is 1.95. The number of nitrogens with zero attached hydrogens (tertiary/aromatic N) is 1. The number of rotatable bonds is 4. The Morgan fingerprint density at radius 1 is 1.30 bits per heavy atom. The molecule has 2 N–H and O–H groups in total. The Morgan fingerprint density at radius 2 is 2.00 bits per heavy atom. The second-order valence-electron chi connectivity index (χ2n) is 7.28. The van der Waals surface area contributed by atoms with E-state index >= 15 is 0 Å². The van der Waals surface area contributed by atoms with Gasteiger partial charge in [-0.25, -0.2) is 4.79 Å². The number of esters is 1. The van der Waals surface area contributed by atoms with Crippen LogP contribution in [0, 0.1) is 5.92 Å². The van der Waals surface area contributed by atoms with Crippen LogP contribution in [0.2, 0.25) is 0 Å². The quantitative estimate of drug-likeness (QED) is 0.852. The summed E-state index contributed by atoms with van der Waals surface area (Å²) in [6.45, 7) is 5.49. The van der Waals surface area contributed by atoms with Crippen molar-refractivity contribution in [1.82, 2.24) is 4.98 Å². The maximum Gasteiger partial charge on any atom is 0.328 e. The number of ether oxygens (including phenoxy) is 1. The molecule has 0 radical (unpaired) electrons. The van der Waals surface area contributed by atoms with Crippen LogP contribution < -0.4 is 5.73 Å². The third-order valence-electron chi connectivity index (χ3n) is 4.02. The van der Waals surface area contributed by atoms with Crippen LogP contribution in [0.15, 0.2) is 24.4 Å². The molecule has 0 spiro atoms. The molecule has 2 rings (SSSR count). The molecule has 23 heavy (non-hydrogen) atoms. The summed E-state index contributed by atoms with van der Waals surface area (Å²) >= 11 is 0. The van der Waals surface area contributed by atoms with Crippen molar-refractivity contribution < 1.29 is 9.53 Å². The van der Waals surface area contributed by atoms with Gasteiger partial charge in [-0.2, -0.15) is 0 Å². The highest BCUT2D eigenvalue weighted by Gasteiger charge is 2.23. The van der Waals surface area contributed by atoms with Crippen LogP contribution >= 0.6 is 0 Å². The molecule has 1 unspecified atom stereocenters. The molecule has 0 bridgehead atoms. The van der Waals surface area contributed by atoms with Gasteiger partial charge in [0, 0.05) is 6.20 Å². The topological polar surface area (TPSA) is 65.2 Å². The lowest BCUT2D eigenvalue weighted by Gasteiger charge is -2.22. The number of allylic oxidation sites excluding steroid dienone is 1. The molecule has 4 nitrogen and oxygen atoms in total. The van der Waals surface area contributed by atoms with E-state index in [9.17, 15) is 4.79 Å². The second-order valence-corrected chi connectivity index (χ2v) is 7.28. The van der Waals surface area contributed by atoms with Gasteiger partial charge in [0.25, 0.3) is 0 Å². The number of hydrogen-bond donors (Lipinski definition) is 1. The van der Waals surface area contributed by atoms with E-state index in [1.54, 1.807) is 6.20 Å². The van der Waals surface area contributed by atoms with E-state index in [0.717, 1.165) is 5.69 Å². The highest BCUT2D eigenvalue weighted by atomic mass is 16.6. The monoisotopic (exact) mass is 316 g/mol. The third kappa shape index (κ3) is 5.79. The van der Waals surface area contributed by atoms with Gasteiger partial charge in [-0.05, 0) is 57.2 Å². The van der Waals surface area contributed by atoms with Gasteiger partial charge in [0.2, 0.25) is 0 Å². The van der Waals surface area contributed by atoms with Crippen LogP contribution in [0.5, 0.6) is 0 Å². The van der Waals surface area contributed by atoms with Crippen molar-refractivity contribution in [2.24, 2.45) is 11.7 Å². The number of aromatic nitrogens is 1. The van der Waals surface area contributed by atoms with Gasteiger partial charge in [-0.3, -0.25) is 4.98 Å². The SMILES string of the molecule is CC(C)(C)OC(=O)C(N)c1ccc(/C=C/C2CCCCC2)nc1. The summed E-state index contributed by atoms with van der Waals surface area (Å²) in [5.74, 6) is 0.249. The van der Waals surface area contributed by atoms with Crippen molar-refractivity contribution >= 4 is 12.0 Å². The Kier molecular flexibility index (Phi) is 5.94. The van der Waals surface area contributed by atoms with E-state index in [4.69, 9.17) is 10.5 Å². The van der Waals surface area contributed by atoms with Crippen molar-refractivity contribution in [2.45, 2.75) is 64.5 Å². The van der Waals surface area contributed by atoms with Crippen molar-refractivity contribution in [3.05, 3.63) is 35.7 Å². The van der Waals surface area contributed by atoms with Crippen molar-refractivity contribution in [3.8, 4) is 0 Å². The summed E-state index contributed by atoms with van der Waals surface area (Å²) in [6.07, 6.45) is 12.6. The highest BCUT2D eigenvalue weighted by Crippen LogP contribution is 2.25. The molecule has 1 fully saturated rings. The van der Waals surface area contributed by atoms with E-state index in [1.807, 2.05) is 32.9 Å². The Bertz CT molecular complexity index is 537. The molecule has 1 aromatic heterocycles. The van der Waals surface area contributed by atoms with Gasteiger partial charge in [0.15, 0.2) is 0 Å². The zero-order valence-electron chi connectivity index (χ0n) is 14.4. The average molecular weight is 316 g/mol. The molecule has 4 heteroatoms. The van der Waals surface area contributed by atoms with Gasteiger partial charge in [-0.15, -0.1) is 0 Å². The molecule has 1 aliphatic carbocycles. The molecule has 0 amide bonds. The molecule has 1 saturated carbocycles. The summed E-state index contributed by atoms with van der Waals surface area (Å²) in [6, 6.07) is 2.96. The molecule has 1 aromatic rings. The fourth-order valence-corrected chi connectivity index (χ4v) is 2.76. The van der Waals surface area contributed by atoms with E-state index in [-0.39, 0.29) is 0 Å². The molecule has 0 saturated heterocycles. The van der Waals surface area contributed by atoms with Gasteiger partial charge in [0.1, 0.15) is 11.6 Å². The van der Waals surface area contributed by atoms with Gasteiger partial charge in [-0.1, -0.05) is 31.4 Å². The minimum absolute atomic E-state index is 0.426. The number of pyridine rings is 1. The maximum absolute atomic E-state index is 12.0. The second kappa shape index (κ2) is 7.73. The minimum Gasteiger partial charge on any atom is -0.459 e. The Morgan fingerprint density at radius 3 is 2.57 bits per heavy atom. The molecular weight excluding hydrogens is 288 g/mol.